The molecular weight excluding hydrogens is 358 g/mol. The van der Waals surface area contributed by atoms with Crippen molar-refractivity contribution in [1.29, 1.82) is 0 Å². The maximum atomic E-state index is 13.0. The van der Waals surface area contributed by atoms with Crippen LogP contribution in [0.25, 0.3) is 0 Å². The first-order valence-electron chi connectivity index (χ1n) is 9.24. The second kappa shape index (κ2) is 8.12. The van der Waals surface area contributed by atoms with Crippen LogP contribution in [0.2, 0.25) is 0 Å². The first-order valence-corrected chi connectivity index (χ1v) is 9.24. The van der Waals surface area contributed by atoms with Crippen LogP contribution in [0.1, 0.15) is 37.8 Å². The number of urea groups is 1. The van der Waals surface area contributed by atoms with E-state index in [0.29, 0.717) is 29.9 Å². The van der Waals surface area contributed by atoms with Crippen molar-refractivity contribution >= 4 is 18.2 Å². The van der Waals surface area contributed by atoms with Gasteiger partial charge in [-0.2, -0.15) is 5.10 Å². The van der Waals surface area contributed by atoms with Gasteiger partial charge in [0.15, 0.2) is 0 Å². The smallest absolute Gasteiger partial charge is 0.346 e. The van der Waals surface area contributed by atoms with Gasteiger partial charge in [-0.1, -0.05) is 44.2 Å². The lowest BCUT2D eigenvalue weighted by Gasteiger charge is -2.24. The summed E-state index contributed by atoms with van der Waals surface area (Å²) in [6.07, 6.45) is 2.53. The topological polar surface area (TPSA) is 91.2 Å². The highest BCUT2D eigenvalue weighted by Crippen LogP contribution is 2.32. The van der Waals surface area contributed by atoms with Crippen molar-refractivity contribution < 1.29 is 19.4 Å². The summed E-state index contributed by atoms with van der Waals surface area (Å²) < 4.78 is 5.46. The minimum absolute atomic E-state index is 0.0470. The number of rotatable bonds is 7. The number of phenols is 1. The molecule has 7 heteroatoms. The highest BCUT2D eigenvalue weighted by atomic mass is 16.5. The lowest BCUT2D eigenvalue weighted by Crippen LogP contribution is -2.43. The third-order valence-corrected chi connectivity index (χ3v) is 4.65. The number of carbonyl (C=O) groups is 2. The van der Waals surface area contributed by atoms with E-state index < -0.39 is 17.5 Å². The second-order valence-corrected chi connectivity index (χ2v) is 6.49. The van der Waals surface area contributed by atoms with Crippen molar-refractivity contribution in [2.45, 2.75) is 32.2 Å². The fraction of sp³-hybridized carbons (Fsp3) is 0.286. The number of amides is 3. The Hall–Kier alpha value is -3.35. The molecule has 7 nitrogen and oxygen atoms in total. The molecule has 1 aliphatic rings. The number of benzene rings is 2. The van der Waals surface area contributed by atoms with Gasteiger partial charge in [-0.3, -0.25) is 4.79 Å². The fourth-order valence-electron chi connectivity index (χ4n) is 3.09. The number of hydrogen-bond acceptors (Lipinski definition) is 5. The molecule has 28 heavy (non-hydrogen) atoms. The van der Waals surface area contributed by atoms with Crippen LogP contribution in [0.4, 0.5) is 4.79 Å². The van der Waals surface area contributed by atoms with E-state index in [1.54, 1.807) is 24.3 Å². The molecule has 1 atom stereocenters. The molecule has 0 bridgehead atoms. The van der Waals surface area contributed by atoms with Crippen molar-refractivity contribution in [3.63, 3.8) is 0 Å². The first-order chi connectivity index (χ1) is 13.5. The number of carbonyl (C=O) groups excluding carboxylic acids is 2. The van der Waals surface area contributed by atoms with E-state index in [-0.39, 0.29) is 5.75 Å². The predicted octanol–water partition coefficient (Wildman–Crippen LogP) is 3.37. The van der Waals surface area contributed by atoms with Gasteiger partial charge in [0.05, 0.1) is 12.8 Å². The van der Waals surface area contributed by atoms with E-state index in [1.807, 2.05) is 32.0 Å². The summed E-state index contributed by atoms with van der Waals surface area (Å²) in [6.45, 7) is 4.37. The highest BCUT2D eigenvalue weighted by molar-refractivity contribution is 6.07. The summed E-state index contributed by atoms with van der Waals surface area (Å²) >= 11 is 0. The third kappa shape index (κ3) is 3.55. The molecule has 1 aliphatic heterocycles. The summed E-state index contributed by atoms with van der Waals surface area (Å²) in [7, 11) is 0. The van der Waals surface area contributed by atoms with Crippen molar-refractivity contribution in [2.75, 3.05) is 6.61 Å². The molecule has 3 amide bonds. The zero-order valence-electron chi connectivity index (χ0n) is 15.9. The van der Waals surface area contributed by atoms with Gasteiger partial charge in [-0.25, -0.2) is 4.79 Å². The lowest BCUT2D eigenvalue weighted by atomic mass is 9.87. The molecule has 1 heterocycles. The van der Waals surface area contributed by atoms with E-state index in [9.17, 15) is 14.7 Å². The van der Waals surface area contributed by atoms with Crippen LogP contribution < -0.4 is 10.1 Å². The number of imide groups is 1. The highest BCUT2D eigenvalue weighted by Gasteiger charge is 2.51. The number of hydrogen-bond donors (Lipinski definition) is 2. The molecule has 0 spiro atoms. The Kier molecular flexibility index (Phi) is 5.63. The number of nitrogens with zero attached hydrogens (tertiary/aromatic N) is 2. The average molecular weight is 381 g/mol. The SMILES string of the molecule is CCCOc1ccc(/C=N/N2C(=O)N[C@@](CC)(c3ccccc3)C2=O)c(O)c1. The van der Waals surface area contributed by atoms with E-state index in [4.69, 9.17) is 4.74 Å². The lowest BCUT2D eigenvalue weighted by molar-refractivity contribution is -0.131. The predicted molar refractivity (Wildman–Crippen MR) is 105 cm³/mol. The summed E-state index contributed by atoms with van der Waals surface area (Å²) in [5.74, 6) is 0.0413. The van der Waals surface area contributed by atoms with Gasteiger partial charge in [0.1, 0.15) is 17.0 Å². The Balaban J connectivity index is 1.83. The van der Waals surface area contributed by atoms with Gasteiger partial charge in [-0.05, 0) is 30.5 Å². The molecule has 0 aromatic heterocycles. The van der Waals surface area contributed by atoms with Crippen LogP contribution in [-0.2, 0) is 10.3 Å². The van der Waals surface area contributed by atoms with Gasteiger partial charge < -0.3 is 15.2 Å². The van der Waals surface area contributed by atoms with Gasteiger partial charge in [0.2, 0.25) is 0 Å². The Morgan fingerprint density at radius 2 is 1.93 bits per heavy atom. The molecule has 0 aliphatic carbocycles. The number of ether oxygens (including phenoxy) is 1. The van der Waals surface area contributed by atoms with Crippen LogP contribution in [0, 0.1) is 0 Å². The molecular formula is C21H23N3O4. The van der Waals surface area contributed by atoms with Crippen LogP contribution in [0.15, 0.2) is 53.6 Å². The Morgan fingerprint density at radius 1 is 1.18 bits per heavy atom. The largest absolute Gasteiger partial charge is 0.507 e. The number of phenolic OH excluding ortho intramolecular Hbond substituents is 1. The molecule has 2 aromatic carbocycles. The fourth-order valence-corrected chi connectivity index (χ4v) is 3.09. The Morgan fingerprint density at radius 3 is 2.57 bits per heavy atom. The molecule has 1 fully saturated rings. The summed E-state index contributed by atoms with van der Waals surface area (Å²) in [5.41, 5.74) is -0.0674. The van der Waals surface area contributed by atoms with E-state index in [1.165, 1.54) is 12.3 Å². The monoisotopic (exact) mass is 381 g/mol. The van der Waals surface area contributed by atoms with Crippen LogP contribution >= 0.6 is 0 Å². The summed E-state index contributed by atoms with van der Waals surface area (Å²) in [6, 6.07) is 13.3. The Labute approximate surface area is 163 Å². The zero-order chi connectivity index (χ0) is 20.1. The van der Waals surface area contributed by atoms with Crippen molar-refractivity contribution in [1.82, 2.24) is 10.3 Å². The molecule has 2 N–H and O–H groups in total. The van der Waals surface area contributed by atoms with Gasteiger partial charge in [0, 0.05) is 11.6 Å². The Bertz CT molecular complexity index is 898. The molecule has 1 saturated heterocycles. The van der Waals surface area contributed by atoms with Crippen LogP contribution in [-0.4, -0.2) is 34.9 Å². The van der Waals surface area contributed by atoms with Crippen LogP contribution in [0.5, 0.6) is 11.5 Å². The zero-order valence-corrected chi connectivity index (χ0v) is 15.9. The minimum atomic E-state index is -1.14. The first kappa shape index (κ1) is 19.4. The molecule has 146 valence electrons. The van der Waals surface area contributed by atoms with Gasteiger partial charge in [-0.15, -0.1) is 5.01 Å². The normalized spacial score (nSPS) is 19.3. The molecule has 0 saturated carbocycles. The van der Waals surface area contributed by atoms with Crippen molar-refractivity contribution in [3.8, 4) is 11.5 Å². The van der Waals surface area contributed by atoms with E-state index in [0.717, 1.165) is 11.4 Å². The average Bonchev–Trinajstić information content (AvgIpc) is 2.97. The van der Waals surface area contributed by atoms with Gasteiger partial charge in [0.25, 0.3) is 5.91 Å². The number of hydrazone groups is 1. The van der Waals surface area contributed by atoms with Gasteiger partial charge >= 0.3 is 6.03 Å². The molecule has 3 rings (SSSR count). The standard InChI is InChI=1S/C21H23N3O4/c1-3-12-28-17-11-10-15(18(25)13-17)14-22-24-19(26)21(4-2,23-20(24)27)16-8-6-5-7-9-16/h5-11,13-14,25H,3-4,12H2,1-2H3,(H,23,27)/b22-14+/t21-/m0/s1. The molecule has 0 radical (unpaired) electrons. The van der Waals surface area contributed by atoms with Crippen molar-refractivity contribution in [3.05, 3.63) is 59.7 Å². The van der Waals surface area contributed by atoms with E-state index >= 15 is 0 Å². The van der Waals surface area contributed by atoms with Crippen molar-refractivity contribution in [2.24, 2.45) is 5.10 Å². The number of nitrogens with one attached hydrogen (secondary N) is 1. The molecule has 2 aromatic rings. The third-order valence-electron chi connectivity index (χ3n) is 4.65. The summed E-state index contributed by atoms with van der Waals surface area (Å²) in [5, 5.41) is 17.7. The maximum absolute atomic E-state index is 13.0. The second-order valence-electron chi connectivity index (χ2n) is 6.49. The number of aromatic hydroxyl groups is 1. The quantitative estimate of drug-likeness (QED) is 0.568. The summed E-state index contributed by atoms with van der Waals surface area (Å²) in [4.78, 5) is 25.4. The van der Waals surface area contributed by atoms with Crippen LogP contribution in [0.3, 0.4) is 0 Å². The molecule has 0 unspecified atom stereocenters. The van der Waals surface area contributed by atoms with E-state index in [2.05, 4.69) is 10.4 Å². The minimum Gasteiger partial charge on any atom is -0.507 e. The maximum Gasteiger partial charge on any atom is 0.346 e.